The molecule has 2 aliphatic carbocycles. The Bertz CT molecular complexity index is 572. The van der Waals surface area contributed by atoms with E-state index in [9.17, 15) is 5.11 Å². The first-order valence-electron chi connectivity index (χ1n) is 11.6. The molecule has 1 saturated carbocycles. The molecule has 3 heteroatoms. The van der Waals surface area contributed by atoms with E-state index in [0.29, 0.717) is 22.5 Å². The van der Waals surface area contributed by atoms with Gasteiger partial charge in [-0.1, -0.05) is 74.5 Å². The molecule has 0 saturated heterocycles. The molecule has 1 fully saturated rings. The van der Waals surface area contributed by atoms with Gasteiger partial charge in [0.15, 0.2) is 0 Å². The van der Waals surface area contributed by atoms with Crippen molar-refractivity contribution in [3.8, 4) is 0 Å². The first-order chi connectivity index (χ1) is 12.9. The monoisotopic (exact) mass is 406 g/mol. The second kappa shape index (κ2) is 8.39. The van der Waals surface area contributed by atoms with Gasteiger partial charge in [0, 0.05) is 5.41 Å². The molecule has 5 atom stereocenters. The van der Waals surface area contributed by atoms with Crippen molar-refractivity contribution in [3.63, 3.8) is 0 Å². The summed E-state index contributed by atoms with van der Waals surface area (Å²) in [7, 11) is -1.96. The Hall–Kier alpha value is -0.383. The fraction of sp³-hybridized carbons (Fsp3) is 0.840. The molecule has 2 aliphatic rings. The Balaban J connectivity index is 2.44. The SMILES string of the molecule is C=CC[C@@H](C)[C@]1(C)CC=C2[C@@H](O[Si](C(C)C)(C(C)C)C(C)C)CC[C@@H](O)[C@]21C. The van der Waals surface area contributed by atoms with Crippen molar-refractivity contribution in [2.75, 3.05) is 0 Å². The number of hydrogen-bond acceptors (Lipinski definition) is 2. The average Bonchev–Trinajstić information content (AvgIpc) is 2.88. The topological polar surface area (TPSA) is 29.5 Å². The van der Waals surface area contributed by atoms with E-state index in [1.54, 1.807) is 0 Å². The molecule has 28 heavy (non-hydrogen) atoms. The fourth-order valence-corrected chi connectivity index (χ4v) is 12.4. The van der Waals surface area contributed by atoms with Gasteiger partial charge < -0.3 is 9.53 Å². The van der Waals surface area contributed by atoms with Gasteiger partial charge in [-0.2, -0.15) is 0 Å². The minimum atomic E-state index is -1.96. The smallest absolute Gasteiger partial charge is 0.201 e. The molecule has 1 N–H and O–H groups in total. The van der Waals surface area contributed by atoms with Crippen molar-refractivity contribution in [1.29, 1.82) is 0 Å². The predicted octanol–water partition coefficient (Wildman–Crippen LogP) is 7.26. The van der Waals surface area contributed by atoms with Crippen molar-refractivity contribution in [3.05, 3.63) is 24.3 Å². The van der Waals surface area contributed by atoms with Crippen LogP contribution in [0.5, 0.6) is 0 Å². The lowest BCUT2D eigenvalue weighted by Crippen LogP contribution is -2.56. The zero-order chi connectivity index (χ0) is 21.5. The summed E-state index contributed by atoms with van der Waals surface area (Å²) in [5.41, 5.74) is 2.98. The van der Waals surface area contributed by atoms with E-state index in [2.05, 4.69) is 75.0 Å². The number of allylic oxidation sites excluding steroid dienone is 2. The summed E-state index contributed by atoms with van der Waals surface area (Å²) < 4.78 is 7.26. The summed E-state index contributed by atoms with van der Waals surface area (Å²) in [6, 6.07) is 0. The van der Waals surface area contributed by atoms with Crippen molar-refractivity contribution in [2.45, 2.75) is 117 Å². The number of aliphatic hydroxyl groups excluding tert-OH is 1. The van der Waals surface area contributed by atoms with Crippen LogP contribution in [0.3, 0.4) is 0 Å². The van der Waals surface area contributed by atoms with E-state index >= 15 is 0 Å². The molecule has 2 rings (SSSR count). The zero-order valence-electron chi connectivity index (χ0n) is 20.0. The van der Waals surface area contributed by atoms with Crippen LogP contribution in [0.25, 0.3) is 0 Å². The maximum atomic E-state index is 11.2. The van der Waals surface area contributed by atoms with Crippen LogP contribution >= 0.6 is 0 Å². The van der Waals surface area contributed by atoms with Crippen molar-refractivity contribution in [2.24, 2.45) is 16.7 Å². The molecule has 2 nitrogen and oxygen atoms in total. The highest BCUT2D eigenvalue weighted by Gasteiger charge is 2.60. The molecule has 0 unspecified atom stereocenters. The predicted molar refractivity (Wildman–Crippen MR) is 124 cm³/mol. The molecule has 0 aromatic rings. The van der Waals surface area contributed by atoms with Crippen LogP contribution in [0.4, 0.5) is 0 Å². The number of fused-ring (bicyclic) bond motifs is 1. The third kappa shape index (κ3) is 3.40. The minimum Gasteiger partial charge on any atom is -0.409 e. The van der Waals surface area contributed by atoms with Crippen molar-refractivity contribution >= 4 is 8.32 Å². The minimum absolute atomic E-state index is 0.0513. The third-order valence-corrected chi connectivity index (χ3v) is 15.0. The lowest BCUT2D eigenvalue weighted by atomic mass is 9.53. The summed E-state index contributed by atoms with van der Waals surface area (Å²) >= 11 is 0. The molecule has 0 radical (unpaired) electrons. The summed E-state index contributed by atoms with van der Waals surface area (Å²) in [4.78, 5) is 0. The molecular weight excluding hydrogens is 360 g/mol. The lowest BCUT2D eigenvalue weighted by Gasteiger charge is -2.55. The van der Waals surface area contributed by atoms with Gasteiger partial charge in [-0.15, -0.1) is 6.58 Å². The van der Waals surface area contributed by atoms with Crippen LogP contribution in [0.15, 0.2) is 24.3 Å². The molecule has 0 amide bonds. The highest BCUT2D eigenvalue weighted by molar-refractivity contribution is 6.77. The maximum Gasteiger partial charge on any atom is 0.201 e. The van der Waals surface area contributed by atoms with Gasteiger partial charge >= 0.3 is 0 Å². The van der Waals surface area contributed by atoms with Gasteiger partial charge in [0.1, 0.15) is 0 Å². The molecule has 0 heterocycles. The number of hydrogen-bond donors (Lipinski definition) is 1. The Labute approximate surface area is 176 Å². The summed E-state index contributed by atoms with van der Waals surface area (Å²) in [5, 5.41) is 11.2. The van der Waals surface area contributed by atoms with Crippen LogP contribution in [-0.4, -0.2) is 25.6 Å². The van der Waals surface area contributed by atoms with Gasteiger partial charge in [-0.3, -0.25) is 0 Å². The Morgan fingerprint density at radius 1 is 1.11 bits per heavy atom. The van der Waals surface area contributed by atoms with Gasteiger partial charge in [-0.05, 0) is 59.2 Å². The van der Waals surface area contributed by atoms with Crippen LogP contribution < -0.4 is 0 Å². The number of aliphatic hydroxyl groups is 1. The van der Waals surface area contributed by atoms with Gasteiger partial charge in [0.05, 0.1) is 12.2 Å². The molecule has 162 valence electrons. The number of rotatable bonds is 8. The molecule has 0 aliphatic heterocycles. The van der Waals surface area contributed by atoms with Crippen LogP contribution in [-0.2, 0) is 4.43 Å². The summed E-state index contributed by atoms with van der Waals surface area (Å²) in [6.45, 7) is 25.2. The van der Waals surface area contributed by atoms with Gasteiger partial charge in [0.25, 0.3) is 0 Å². The molecule has 0 aromatic heterocycles. The summed E-state index contributed by atoms with van der Waals surface area (Å²) in [6.07, 6.45) is 8.18. The van der Waals surface area contributed by atoms with E-state index in [1.165, 1.54) is 5.57 Å². The first kappa shape index (κ1) is 23.9. The van der Waals surface area contributed by atoms with Crippen LogP contribution in [0.2, 0.25) is 16.6 Å². The van der Waals surface area contributed by atoms with Gasteiger partial charge in [-0.25, -0.2) is 0 Å². The zero-order valence-corrected chi connectivity index (χ0v) is 21.0. The van der Waals surface area contributed by atoms with E-state index in [-0.39, 0.29) is 23.0 Å². The van der Waals surface area contributed by atoms with Crippen molar-refractivity contribution < 1.29 is 9.53 Å². The Morgan fingerprint density at radius 3 is 2.11 bits per heavy atom. The Kier molecular flexibility index (Phi) is 7.16. The normalized spacial score (nSPS) is 34.7. The molecule has 0 bridgehead atoms. The highest BCUT2D eigenvalue weighted by atomic mass is 28.4. The second-order valence-corrected chi connectivity index (χ2v) is 16.3. The van der Waals surface area contributed by atoms with Crippen LogP contribution in [0, 0.1) is 16.7 Å². The standard InChI is InChI=1S/C25H46O2Si/c1-11-12-20(8)24(9)16-15-21-22(13-14-23(26)25(21,24)10)27-28(17(2)3,18(4)5)19(6)7/h11,15,17-20,22-23,26H,1,12-14,16H2,2-10H3/t20-,22+,23-,24+,25+/m1/s1. The fourth-order valence-electron chi connectivity index (χ4n) is 6.87. The molecular formula is C25H46O2Si. The summed E-state index contributed by atoms with van der Waals surface area (Å²) in [5.74, 6) is 0.486. The average molecular weight is 407 g/mol. The van der Waals surface area contributed by atoms with E-state index in [0.717, 1.165) is 25.7 Å². The Morgan fingerprint density at radius 2 is 1.64 bits per heavy atom. The largest absolute Gasteiger partial charge is 0.409 e. The lowest BCUT2D eigenvalue weighted by molar-refractivity contribution is -0.0797. The van der Waals surface area contributed by atoms with Gasteiger partial charge in [0.2, 0.25) is 8.32 Å². The van der Waals surface area contributed by atoms with E-state index < -0.39 is 8.32 Å². The first-order valence-corrected chi connectivity index (χ1v) is 13.7. The molecule has 0 aromatic carbocycles. The quantitative estimate of drug-likeness (QED) is 0.339. The maximum absolute atomic E-state index is 11.2. The van der Waals surface area contributed by atoms with Crippen LogP contribution in [0.1, 0.15) is 88.0 Å². The molecule has 0 spiro atoms. The van der Waals surface area contributed by atoms with Crippen molar-refractivity contribution in [1.82, 2.24) is 0 Å². The third-order valence-electron chi connectivity index (χ3n) is 8.91. The second-order valence-electron chi connectivity index (χ2n) is 10.9. The van der Waals surface area contributed by atoms with E-state index in [4.69, 9.17) is 4.43 Å². The van der Waals surface area contributed by atoms with E-state index in [1.807, 2.05) is 6.08 Å². The highest BCUT2D eigenvalue weighted by Crippen LogP contribution is 2.63.